The number of hydrogen-bond acceptors (Lipinski definition) is 6. The molecule has 0 saturated carbocycles. The third-order valence-corrected chi connectivity index (χ3v) is 6.02. The van der Waals surface area contributed by atoms with Crippen LogP contribution in [0, 0.1) is 17.8 Å². The van der Waals surface area contributed by atoms with Gasteiger partial charge in [0.05, 0.1) is 18.3 Å². The van der Waals surface area contributed by atoms with E-state index in [1.165, 1.54) is 0 Å². The molecule has 1 N–H and O–H groups in total. The first-order valence-electron chi connectivity index (χ1n) is 6.69. The molecule has 0 aromatic rings. The van der Waals surface area contributed by atoms with Crippen molar-refractivity contribution in [3.05, 3.63) is 0 Å². The Morgan fingerprint density at radius 2 is 2.29 bits per heavy atom. The Hall–Kier alpha value is -0.705. The summed E-state index contributed by atoms with van der Waals surface area (Å²) in [6, 6.07) is 0. The number of esters is 2. The van der Waals surface area contributed by atoms with Gasteiger partial charge in [0.2, 0.25) is 0 Å². The number of aliphatic carboxylic acids is 1. The molecule has 0 spiro atoms. The highest BCUT2D eigenvalue weighted by Gasteiger charge is 2.43. The molecular weight excluding hydrogens is 333 g/mol. The maximum atomic E-state index is 11.7. The van der Waals surface area contributed by atoms with Crippen LogP contribution in [0.1, 0.15) is 19.8 Å². The number of hydrogen-bond donors (Lipinski definition) is 1. The van der Waals surface area contributed by atoms with E-state index in [-0.39, 0.29) is 20.2 Å². The zero-order chi connectivity index (χ0) is 17.0. The molecule has 1 fully saturated rings. The number of cyclic esters (lactones) is 2. The van der Waals surface area contributed by atoms with Crippen molar-refractivity contribution in [2.75, 3.05) is 0 Å². The van der Waals surface area contributed by atoms with Crippen molar-refractivity contribution >= 4 is 58.6 Å². The highest BCUT2D eigenvalue weighted by molar-refractivity contribution is 8.03. The maximum absolute atomic E-state index is 11.7. The van der Waals surface area contributed by atoms with Crippen molar-refractivity contribution < 1.29 is 29.0 Å². The fourth-order valence-corrected chi connectivity index (χ4v) is 4.26. The summed E-state index contributed by atoms with van der Waals surface area (Å²) in [6.45, 7) is 1.63. The average Bonchev–Trinajstić information content (AvgIpc) is 2.75. The van der Waals surface area contributed by atoms with E-state index >= 15 is 0 Å². The van der Waals surface area contributed by atoms with Crippen LogP contribution in [0.15, 0.2) is 0 Å². The van der Waals surface area contributed by atoms with Gasteiger partial charge in [-0.2, -0.15) is 8.40 Å². The van der Waals surface area contributed by atoms with Gasteiger partial charge in [-0.3, -0.25) is 19.2 Å². The highest BCUT2D eigenvalue weighted by atomic mass is 32.4. The van der Waals surface area contributed by atoms with E-state index in [4.69, 9.17) is 1.28 Å². The van der Waals surface area contributed by atoms with E-state index in [2.05, 4.69) is 16.5 Å². The minimum Gasteiger partial charge on any atom is -0.481 e. The molecule has 1 saturated heterocycles. The van der Waals surface area contributed by atoms with E-state index in [0.29, 0.717) is 0 Å². The summed E-state index contributed by atoms with van der Waals surface area (Å²) in [4.78, 5) is 46.0. The summed E-state index contributed by atoms with van der Waals surface area (Å²) in [6.07, 6.45) is -0.379. The molecule has 1 heterocycles. The largest absolute Gasteiger partial charge is 0.481 e. The smallest absolute Gasteiger partial charge is 0.317 e. The molecule has 0 bridgehead atoms. The Labute approximate surface area is 132 Å². The molecule has 5 unspecified atom stereocenters. The van der Waals surface area contributed by atoms with Crippen LogP contribution in [0.4, 0.5) is 0 Å². The first-order chi connectivity index (χ1) is 10.2. The Bertz CT molecular complexity index is 517. The van der Waals surface area contributed by atoms with Gasteiger partial charge in [-0.15, -0.1) is 0 Å². The highest BCUT2D eigenvalue weighted by Crippen LogP contribution is 2.39. The molecule has 0 aromatic heterocycles. The first-order valence-corrected chi connectivity index (χ1v) is 9.56. The van der Waals surface area contributed by atoms with Gasteiger partial charge in [0, 0.05) is 15.1 Å². The average molecular weight is 349 g/mol. The molecule has 10 heteroatoms. The summed E-state index contributed by atoms with van der Waals surface area (Å²) < 4.78 is 12.5. The van der Waals surface area contributed by atoms with Crippen LogP contribution in [0.2, 0.25) is 0 Å². The third-order valence-electron chi connectivity index (χ3n) is 3.60. The van der Waals surface area contributed by atoms with Gasteiger partial charge in [0.15, 0.2) is 5.52 Å². The van der Waals surface area contributed by atoms with E-state index in [0.717, 1.165) is 0 Å². The molecule has 6 nitrogen and oxygen atoms in total. The lowest BCUT2D eigenvalue weighted by molar-refractivity contribution is -0.154. The zero-order valence-corrected chi connectivity index (χ0v) is 14.1. The monoisotopic (exact) mass is 349 g/mol. The summed E-state index contributed by atoms with van der Waals surface area (Å²) in [5.74, 6) is -4.90. The van der Waals surface area contributed by atoms with E-state index in [1.54, 1.807) is 14.5 Å². The van der Waals surface area contributed by atoms with Gasteiger partial charge in [0.1, 0.15) is 7.57 Å². The number of ether oxygens (including phenoxy) is 1. The summed E-state index contributed by atoms with van der Waals surface area (Å²) in [5, 5.41) is 9.40. The summed E-state index contributed by atoms with van der Waals surface area (Å²) >= 11 is 4.61. The van der Waals surface area contributed by atoms with Gasteiger partial charge < -0.3 is 9.84 Å². The number of rotatable bonds is 8. The number of carbonyl (C=O) groups is 4. The maximum Gasteiger partial charge on any atom is 0.317 e. The second kappa shape index (κ2) is 8.07. The number of carboxylic acid groups (broad SMARTS) is 1. The van der Waals surface area contributed by atoms with Crippen LogP contribution in [0.25, 0.3) is 0 Å². The molecule has 0 radical (unpaired) electrons. The quantitative estimate of drug-likeness (QED) is 0.292. The minimum atomic E-state index is -1.50. The Morgan fingerprint density at radius 3 is 2.67 bits per heavy atom. The molecule has 1 rings (SSSR count). The van der Waals surface area contributed by atoms with E-state index in [1.807, 2.05) is 0 Å². The van der Waals surface area contributed by atoms with E-state index in [9.17, 15) is 24.3 Å². The standard InChI is InChI=1S/C11H15BO6P2S/c1-4(5-2-7(13)18-11(5)17)9(19-12)6(10(15)16)3-8(14)20-21/h4-6,9,19H,2-3,12H2,1H3,(H,15,16)/i19D. The van der Waals surface area contributed by atoms with Crippen LogP contribution in [0.5, 0.6) is 0 Å². The van der Waals surface area contributed by atoms with E-state index < -0.39 is 55.2 Å². The third kappa shape index (κ3) is 4.63. The fraction of sp³-hybridized carbons (Fsp3) is 0.636. The molecule has 114 valence electrons. The first kappa shape index (κ1) is 16.7. The fourth-order valence-electron chi connectivity index (χ4n) is 2.49. The van der Waals surface area contributed by atoms with Crippen molar-refractivity contribution in [2.45, 2.75) is 25.4 Å². The molecule has 0 amide bonds. The van der Waals surface area contributed by atoms with Crippen molar-refractivity contribution in [3.63, 3.8) is 0 Å². The van der Waals surface area contributed by atoms with Crippen LogP contribution in [0.3, 0.4) is 0 Å². The lowest BCUT2D eigenvalue weighted by Crippen LogP contribution is -2.36. The predicted molar refractivity (Wildman–Crippen MR) is 84.1 cm³/mol. The number of carbonyl (C=O) groups excluding carboxylic acids is 3. The van der Waals surface area contributed by atoms with Crippen molar-refractivity contribution in [3.8, 4) is 0 Å². The molecule has 1 aliphatic heterocycles. The molecule has 0 aromatic carbocycles. The second-order valence-corrected chi connectivity index (χ2v) is 7.19. The van der Waals surface area contributed by atoms with Gasteiger partial charge in [0.25, 0.3) is 0 Å². The Balaban J connectivity index is 3.05. The molecule has 0 aliphatic carbocycles. The lowest BCUT2D eigenvalue weighted by atomic mass is 9.83. The number of carboxylic acids is 1. The molecule has 21 heavy (non-hydrogen) atoms. The summed E-state index contributed by atoms with van der Waals surface area (Å²) in [7, 11) is 0.126. The topological polar surface area (TPSA) is 97.7 Å². The van der Waals surface area contributed by atoms with Crippen LogP contribution < -0.4 is 0 Å². The summed E-state index contributed by atoms with van der Waals surface area (Å²) in [5.41, 5.74) is -1.10. The van der Waals surface area contributed by atoms with Crippen molar-refractivity contribution in [1.29, 1.82) is 1.28 Å². The van der Waals surface area contributed by atoms with Gasteiger partial charge in [-0.05, 0) is 23.4 Å². The Kier molecular flexibility index (Phi) is 6.40. The lowest BCUT2D eigenvalue weighted by Gasteiger charge is -2.30. The van der Waals surface area contributed by atoms with Crippen molar-refractivity contribution in [2.24, 2.45) is 17.8 Å². The van der Waals surface area contributed by atoms with Crippen LogP contribution in [-0.4, -0.2) is 43.0 Å². The molecular formula is C11H15BO6P2S. The molecule has 1 aliphatic rings. The zero-order valence-electron chi connectivity index (χ0n) is 12.5. The Morgan fingerprint density at radius 1 is 1.67 bits per heavy atom. The SMILES string of the molecule is [2H]P(B)C(C(CC(=O)P=S)C(=O)O)C(C)C1CC(=O)OC1=O. The van der Waals surface area contributed by atoms with Gasteiger partial charge in [-0.25, -0.2) is 0 Å². The van der Waals surface area contributed by atoms with Gasteiger partial charge in [-0.1, -0.05) is 6.92 Å². The van der Waals surface area contributed by atoms with Crippen molar-refractivity contribution in [1.82, 2.24) is 0 Å². The second-order valence-electron chi connectivity index (χ2n) is 4.85. The van der Waals surface area contributed by atoms with Crippen LogP contribution >= 0.6 is 15.8 Å². The normalized spacial score (nSPS) is 24.8. The van der Waals surface area contributed by atoms with Gasteiger partial charge >= 0.3 is 17.9 Å². The predicted octanol–water partition coefficient (Wildman–Crippen LogP) is 0.333. The molecule has 5 atom stereocenters. The van der Waals surface area contributed by atoms with Crippen LogP contribution in [-0.2, 0) is 35.7 Å². The minimum absolute atomic E-state index is 0.0513.